The van der Waals surface area contributed by atoms with Crippen molar-refractivity contribution in [1.82, 2.24) is 9.88 Å². The Labute approximate surface area is 151 Å². The van der Waals surface area contributed by atoms with Gasteiger partial charge in [-0.15, -0.1) is 11.3 Å². The largest absolute Gasteiger partial charge is 0.450 e. The highest BCUT2D eigenvalue weighted by Crippen LogP contribution is 2.36. The van der Waals surface area contributed by atoms with E-state index in [0.29, 0.717) is 10.4 Å². The van der Waals surface area contributed by atoms with Gasteiger partial charge in [-0.1, -0.05) is 12.1 Å². The first-order chi connectivity index (χ1) is 11.7. The molecule has 0 N–H and O–H groups in total. The van der Waals surface area contributed by atoms with Crippen LogP contribution in [0.4, 0.5) is 0 Å². The standard InChI is InChI=1S/C18H15BrN2O2S/c19-16-9-7-12(23-16)8-10-17(22)21-11-3-5-14(21)18-20-13-4-1-2-6-15(13)24-18/h1-2,4,6-10,14H,3,5,11H2/b10-8+/t14-/m0/s1. The van der Waals surface area contributed by atoms with Gasteiger partial charge in [0.15, 0.2) is 4.67 Å². The molecule has 24 heavy (non-hydrogen) atoms. The Morgan fingerprint density at radius 3 is 3.00 bits per heavy atom. The summed E-state index contributed by atoms with van der Waals surface area (Å²) in [6, 6.07) is 11.8. The molecule has 1 atom stereocenters. The summed E-state index contributed by atoms with van der Waals surface area (Å²) in [5, 5.41) is 1.02. The van der Waals surface area contributed by atoms with E-state index in [0.717, 1.165) is 29.9 Å². The third-order valence-electron chi connectivity index (χ3n) is 4.12. The number of benzene rings is 1. The zero-order valence-electron chi connectivity index (χ0n) is 12.8. The second kappa shape index (κ2) is 6.53. The van der Waals surface area contributed by atoms with E-state index in [9.17, 15) is 4.79 Å². The summed E-state index contributed by atoms with van der Waals surface area (Å²) in [7, 11) is 0. The van der Waals surface area contributed by atoms with Crippen molar-refractivity contribution in [3.63, 3.8) is 0 Å². The molecule has 1 saturated heterocycles. The molecule has 4 rings (SSSR count). The average Bonchev–Trinajstić information content (AvgIpc) is 3.30. The number of para-hydroxylation sites is 1. The van der Waals surface area contributed by atoms with Crippen LogP contribution in [0.5, 0.6) is 0 Å². The summed E-state index contributed by atoms with van der Waals surface area (Å²) >= 11 is 4.94. The van der Waals surface area contributed by atoms with E-state index < -0.39 is 0 Å². The fraction of sp³-hybridized carbons (Fsp3) is 0.222. The molecule has 1 aromatic carbocycles. The van der Waals surface area contributed by atoms with E-state index in [1.54, 1.807) is 23.5 Å². The number of amides is 1. The normalized spacial score (nSPS) is 18.0. The number of rotatable bonds is 3. The molecule has 0 unspecified atom stereocenters. The summed E-state index contributed by atoms with van der Waals surface area (Å²) in [5.74, 6) is 0.662. The molecule has 1 amide bonds. The average molecular weight is 403 g/mol. The van der Waals surface area contributed by atoms with E-state index in [1.165, 1.54) is 4.70 Å². The highest BCUT2D eigenvalue weighted by Gasteiger charge is 2.31. The van der Waals surface area contributed by atoms with Crippen LogP contribution in [0.15, 0.2) is 51.6 Å². The summed E-state index contributed by atoms with van der Waals surface area (Å²) in [4.78, 5) is 19.2. The number of hydrogen-bond acceptors (Lipinski definition) is 4. The van der Waals surface area contributed by atoms with Crippen LogP contribution in [0, 0.1) is 0 Å². The first-order valence-corrected chi connectivity index (χ1v) is 9.41. The third kappa shape index (κ3) is 3.03. The second-order valence-corrected chi connectivity index (χ2v) is 7.53. The first kappa shape index (κ1) is 15.6. The molecule has 0 spiro atoms. The Morgan fingerprint density at radius 1 is 1.33 bits per heavy atom. The van der Waals surface area contributed by atoms with Crippen molar-refractivity contribution in [2.45, 2.75) is 18.9 Å². The van der Waals surface area contributed by atoms with Crippen molar-refractivity contribution in [2.24, 2.45) is 0 Å². The highest BCUT2D eigenvalue weighted by molar-refractivity contribution is 9.10. The Bertz CT molecular complexity index is 882. The fourth-order valence-corrected chi connectivity index (χ4v) is 4.42. The molecule has 3 aromatic rings. The summed E-state index contributed by atoms with van der Waals surface area (Å²) in [6.07, 6.45) is 5.26. The molecule has 2 aromatic heterocycles. The second-order valence-electron chi connectivity index (χ2n) is 5.68. The molecule has 3 heterocycles. The van der Waals surface area contributed by atoms with Gasteiger partial charge in [0.25, 0.3) is 0 Å². The molecule has 4 nitrogen and oxygen atoms in total. The molecular weight excluding hydrogens is 388 g/mol. The zero-order chi connectivity index (χ0) is 16.5. The number of halogens is 1. The number of furan rings is 1. The lowest BCUT2D eigenvalue weighted by Crippen LogP contribution is -2.28. The summed E-state index contributed by atoms with van der Waals surface area (Å²) < 4.78 is 7.22. The number of hydrogen-bond donors (Lipinski definition) is 0. The SMILES string of the molecule is O=C(/C=C/c1ccc(Br)o1)N1CCC[C@H]1c1nc2ccccc2s1. The maximum atomic E-state index is 12.6. The van der Waals surface area contributed by atoms with Gasteiger partial charge in [0.1, 0.15) is 10.8 Å². The summed E-state index contributed by atoms with van der Waals surface area (Å²) in [6.45, 7) is 0.769. The van der Waals surface area contributed by atoms with Crippen LogP contribution in [-0.2, 0) is 4.79 Å². The molecule has 122 valence electrons. The van der Waals surface area contributed by atoms with E-state index >= 15 is 0 Å². The smallest absolute Gasteiger partial charge is 0.247 e. The molecule has 1 fully saturated rings. The molecule has 1 aliphatic heterocycles. The molecular formula is C18H15BrN2O2S. The van der Waals surface area contributed by atoms with Gasteiger partial charge in [0.05, 0.1) is 16.3 Å². The number of fused-ring (bicyclic) bond motifs is 1. The van der Waals surface area contributed by atoms with Gasteiger partial charge in [0.2, 0.25) is 5.91 Å². The van der Waals surface area contributed by atoms with Crippen LogP contribution < -0.4 is 0 Å². The number of nitrogens with zero attached hydrogens (tertiary/aromatic N) is 2. The maximum absolute atomic E-state index is 12.6. The minimum atomic E-state index is 0.00396. The lowest BCUT2D eigenvalue weighted by Gasteiger charge is -2.21. The Morgan fingerprint density at radius 2 is 2.21 bits per heavy atom. The van der Waals surface area contributed by atoms with E-state index in [-0.39, 0.29) is 11.9 Å². The minimum absolute atomic E-state index is 0.00396. The van der Waals surface area contributed by atoms with Gasteiger partial charge >= 0.3 is 0 Å². The predicted octanol–water partition coefficient (Wildman–Crippen LogP) is 5.03. The van der Waals surface area contributed by atoms with E-state index in [2.05, 4.69) is 22.0 Å². The Balaban J connectivity index is 1.55. The number of carbonyl (C=O) groups is 1. The van der Waals surface area contributed by atoms with Crippen molar-refractivity contribution in [1.29, 1.82) is 0 Å². The van der Waals surface area contributed by atoms with Crippen LogP contribution in [-0.4, -0.2) is 22.3 Å². The number of likely N-dealkylation sites (tertiary alicyclic amines) is 1. The van der Waals surface area contributed by atoms with Crippen LogP contribution in [0.2, 0.25) is 0 Å². The van der Waals surface area contributed by atoms with Crippen molar-refractivity contribution in [3.05, 3.63) is 57.9 Å². The van der Waals surface area contributed by atoms with Gasteiger partial charge in [-0.25, -0.2) is 4.98 Å². The van der Waals surface area contributed by atoms with Crippen LogP contribution in [0.3, 0.4) is 0 Å². The summed E-state index contributed by atoms with van der Waals surface area (Å²) in [5.41, 5.74) is 1.01. The minimum Gasteiger partial charge on any atom is -0.450 e. The molecule has 1 aliphatic rings. The quantitative estimate of drug-likeness (QED) is 0.577. The topological polar surface area (TPSA) is 46.3 Å². The lowest BCUT2D eigenvalue weighted by molar-refractivity contribution is -0.126. The van der Waals surface area contributed by atoms with Gasteiger partial charge in [0, 0.05) is 12.6 Å². The van der Waals surface area contributed by atoms with E-state index in [4.69, 9.17) is 9.40 Å². The molecule has 6 heteroatoms. The molecule has 0 saturated carbocycles. The highest BCUT2D eigenvalue weighted by atomic mass is 79.9. The van der Waals surface area contributed by atoms with Gasteiger partial charge in [-0.05, 0) is 59.1 Å². The fourth-order valence-electron chi connectivity index (χ4n) is 2.99. The van der Waals surface area contributed by atoms with Gasteiger partial charge in [-0.2, -0.15) is 0 Å². The van der Waals surface area contributed by atoms with E-state index in [1.807, 2.05) is 35.2 Å². The predicted molar refractivity (Wildman–Crippen MR) is 98.8 cm³/mol. The van der Waals surface area contributed by atoms with Gasteiger partial charge < -0.3 is 9.32 Å². The maximum Gasteiger partial charge on any atom is 0.247 e. The Kier molecular flexibility index (Phi) is 4.24. The molecule has 0 bridgehead atoms. The lowest BCUT2D eigenvalue weighted by atomic mass is 10.2. The zero-order valence-corrected chi connectivity index (χ0v) is 15.2. The van der Waals surface area contributed by atoms with Gasteiger partial charge in [-0.3, -0.25) is 4.79 Å². The monoisotopic (exact) mass is 402 g/mol. The van der Waals surface area contributed by atoms with Crippen LogP contribution in [0.25, 0.3) is 16.3 Å². The number of carbonyl (C=O) groups excluding carboxylic acids is 1. The van der Waals surface area contributed by atoms with Crippen molar-refractivity contribution in [3.8, 4) is 0 Å². The number of thiazole rings is 1. The third-order valence-corrected chi connectivity index (χ3v) is 5.68. The molecule has 0 aliphatic carbocycles. The molecule has 0 radical (unpaired) electrons. The van der Waals surface area contributed by atoms with Crippen molar-refractivity contribution >= 4 is 49.5 Å². The van der Waals surface area contributed by atoms with Crippen LogP contribution in [0.1, 0.15) is 29.7 Å². The first-order valence-electron chi connectivity index (χ1n) is 7.80. The Hall–Kier alpha value is -1.92. The van der Waals surface area contributed by atoms with Crippen molar-refractivity contribution < 1.29 is 9.21 Å². The van der Waals surface area contributed by atoms with Crippen LogP contribution >= 0.6 is 27.3 Å². The number of aromatic nitrogens is 1. The van der Waals surface area contributed by atoms with Crippen molar-refractivity contribution in [2.75, 3.05) is 6.54 Å².